The molecule has 0 spiro atoms. The highest BCUT2D eigenvalue weighted by Gasteiger charge is 2.23. The van der Waals surface area contributed by atoms with Crippen molar-refractivity contribution in [3.63, 3.8) is 0 Å². The van der Waals surface area contributed by atoms with Crippen LogP contribution in [0.1, 0.15) is 12.8 Å². The van der Waals surface area contributed by atoms with Gasteiger partial charge in [-0.15, -0.1) is 0 Å². The molecule has 1 unspecified atom stereocenters. The molecule has 0 radical (unpaired) electrons. The molecule has 1 rings (SSSR count). The Kier molecular flexibility index (Phi) is 2.35. The van der Waals surface area contributed by atoms with Gasteiger partial charge in [0.05, 0.1) is 0 Å². The molecule has 0 saturated carbocycles. The van der Waals surface area contributed by atoms with Gasteiger partial charge in [0.25, 0.3) is 0 Å². The Labute approximate surface area is 59.7 Å². The van der Waals surface area contributed by atoms with E-state index >= 15 is 0 Å². The van der Waals surface area contributed by atoms with Crippen LogP contribution < -0.4 is 4.89 Å². The van der Waals surface area contributed by atoms with Crippen LogP contribution in [0, 0.1) is 0 Å². The average Bonchev–Trinajstić information content (AvgIpc) is 2.15. The summed E-state index contributed by atoms with van der Waals surface area (Å²) in [5.41, 5.74) is 0. The molecule has 56 valence electrons. The minimum atomic E-state index is -2.43. The molecule has 0 aliphatic carbocycles. The first kappa shape index (κ1) is 7.63. The van der Waals surface area contributed by atoms with Gasteiger partial charge in [-0.1, -0.05) is 4.57 Å². The molecule has 1 heterocycles. The van der Waals surface area contributed by atoms with Crippen LogP contribution in [0.3, 0.4) is 0 Å². The Morgan fingerprint density at radius 2 is 2.40 bits per heavy atom. The van der Waals surface area contributed by atoms with E-state index in [1.165, 1.54) is 4.90 Å². The summed E-state index contributed by atoms with van der Waals surface area (Å²) in [5.74, 6) is -0.0424. The van der Waals surface area contributed by atoms with E-state index < -0.39 is 8.03 Å². The van der Waals surface area contributed by atoms with Gasteiger partial charge in [0.2, 0.25) is 12.2 Å². The Bertz CT molecular complexity index is 170. The molecule has 0 N–H and O–H groups in total. The van der Waals surface area contributed by atoms with Crippen molar-refractivity contribution < 1.29 is 14.3 Å². The number of carbonyl (C=O) groups excluding carboxylic acids is 1. The zero-order chi connectivity index (χ0) is 7.56. The number of carbonyl (C=O) groups is 1. The second-order valence-corrected chi connectivity index (χ2v) is 3.18. The molecule has 0 aromatic carbocycles. The van der Waals surface area contributed by atoms with Gasteiger partial charge in [-0.25, -0.2) is 0 Å². The van der Waals surface area contributed by atoms with Crippen LogP contribution >= 0.6 is 8.03 Å². The lowest BCUT2D eigenvalue weighted by molar-refractivity contribution is -0.167. The van der Waals surface area contributed by atoms with Gasteiger partial charge in [-0.2, -0.15) is 0 Å². The van der Waals surface area contributed by atoms with Gasteiger partial charge < -0.3 is 9.79 Å². The largest absolute Gasteiger partial charge is 0.594 e. The van der Waals surface area contributed by atoms with Gasteiger partial charge in [-0.3, -0.25) is 4.79 Å². The maximum absolute atomic E-state index is 10.8. The molecule has 0 bridgehead atoms. The monoisotopic (exact) mass is 161 g/mol. The van der Waals surface area contributed by atoms with Crippen LogP contribution in [0.25, 0.3) is 0 Å². The molecule has 1 atom stereocenters. The second-order valence-electron chi connectivity index (χ2n) is 2.23. The zero-order valence-electron chi connectivity index (χ0n) is 5.45. The lowest BCUT2D eigenvalue weighted by atomic mass is 10.4. The lowest BCUT2D eigenvalue weighted by Crippen LogP contribution is -2.25. The van der Waals surface area contributed by atoms with E-state index in [-0.39, 0.29) is 12.2 Å². The molecule has 1 fully saturated rings. The van der Waals surface area contributed by atoms with Gasteiger partial charge in [0, 0.05) is 13.0 Å². The highest BCUT2D eigenvalue weighted by Crippen LogP contribution is 2.16. The van der Waals surface area contributed by atoms with Crippen molar-refractivity contribution in [2.24, 2.45) is 0 Å². The van der Waals surface area contributed by atoms with E-state index in [0.29, 0.717) is 13.0 Å². The van der Waals surface area contributed by atoms with Crippen molar-refractivity contribution >= 4 is 13.9 Å². The Morgan fingerprint density at radius 3 is 2.80 bits per heavy atom. The maximum Gasteiger partial charge on any atom is 0.330 e. The minimum Gasteiger partial charge on any atom is -0.594 e. The third kappa shape index (κ3) is 1.75. The summed E-state index contributed by atoms with van der Waals surface area (Å²) in [7, 11) is -2.43. The Hall–Kier alpha value is -0.470. The van der Waals surface area contributed by atoms with Crippen LogP contribution in [-0.4, -0.2) is 23.6 Å². The predicted octanol–water partition coefficient (Wildman–Crippen LogP) is -0.331. The summed E-state index contributed by atoms with van der Waals surface area (Å²) in [5, 5.41) is 0. The van der Waals surface area contributed by atoms with Crippen LogP contribution in [0.5, 0.6) is 0 Å². The molecule has 1 aliphatic heterocycles. The predicted molar refractivity (Wildman–Crippen MR) is 33.4 cm³/mol. The summed E-state index contributed by atoms with van der Waals surface area (Å²) >= 11 is 0. The van der Waals surface area contributed by atoms with Crippen LogP contribution in [0.15, 0.2) is 0 Å². The van der Waals surface area contributed by atoms with E-state index in [1.807, 2.05) is 0 Å². The van der Waals surface area contributed by atoms with Crippen molar-refractivity contribution in [2.75, 3.05) is 12.8 Å². The number of rotatable bonds is 2. The van der Waals surface area contributed by atoms with E-state index in [1.54, 1.807) is 0 Å². The number of hydrogen-bond acceptors (Lipinski definition) is 3. The SMILES string of the molecule is O=C1CCCN1C[P+](=O)[O-]. The fourth-order valence-corrected chi connectivity index (χ4v) is 1.57. The summed E-state index contributed by atoms with van der Waals surface area (Å²) < 4.78 is 10.1. The van der Waals surface area contributed by atoms with E-state index in [2.05, 4.69) is 0 Å². The van der Waals surface area contributed by atoms with Gasteiger partial charge in [0.15, 0.2) is 0 Å². The Morgan fingerprint density at radius 1 is 1.70 bits per heavy atom. The quantitative estimate of drug-likeness (QED) is 0.521. The minimum absolute atomic E-state index is 0.0424. The average molecular weight is 161 g/mol. The molecule has 5 heteroatoms. The molecule has 0 aromatic rings. The first-order chi connectivity index (χ1) is 4.70. The number of nitrogens with zero attached hydrogens (tertiary/aromatic N) is 1. The first-order valence-electron chi connectivity index (χ1n) is 3.10. The van der Waals surface area contributed by atoms with Gasteiger partial charge >= 0.3 is 8.03 Å². The first-order valence-corrected chi connectivity index (χ1v) is 4.46. The lowest BCUT2D eigenvalue weighted by Gasteiger charge is -2.07. The third-order valence-corrected chi connectivity index (χ3v) is 2.03. The van der Waals surface area contributed by atoms with E-state index in [4.69, 9.17) is 0 Å². The smallest absolute Gasteiger partial charge is 0.330 e. The molecular formula is C5H8NO3P. The summed E-state index contributed by atoms with van der Waals surface area (Å²) in [6.07, 6.45) is 1.19. The fraction of sp³-hybridized carbons (Fsp3) is 0.800. The number of likely N-dealkylation sites (tertiary alicyclic amines) is 1. The second kappa shape index (κ2) is 3.08. The van der Waals surface area contributed by atoms with Crippen LogP contribution in [-0.2, 0) is 9.36 Å². The fourth-order valence-electron chi connectivity index (χ4n) is 0.993. The zero-order valence-corrected chi connectivity index (χ0v) is 6.34. The van der Waals surface area contributed by atoms with Gasteiger partial charge in [-0.05, 0) is 6.42 Å². The van der Waals surface area contributed by atoms with Gasteiger partial charge in [0.1, 0.15) is 0 Å². The molecule has 10 heavy (non-hydrogen) atoms. The molecule has 0 aromatic heterocycles. The Balaban J connectivity index is 2.40. The van der Waals surface area contributed by atoms with Crippen molar-refractivity contribution in [2.45, 2.75) is 12.8 Å². The van der Waals surface area contributed by atoms with Crippen molar-refractivity contribution in [3.05, 3.63) is 0 Å². The maximum atomic E-state index is 10.8. The van der Waals surface area contributed by atoms with Crippen molar-refractivity contribution in [1.29, 1.82) is 0 Å². The van der Waals surface area contributed by atoms with Crippen molar-refractivity contribution in [3.8, 4) is 0 Å². The molecule has 1 amide bonds. The molecule has 4 nitrogen and oxygen atoms in total. The highest BCUT2D eigenvalue weighted by molar-refractivity contribution is 7.36. The van der Waals surface area contributed by atoms with E-state index in [0.717, 1.165) is 6.42 Å². The molecular weight excluding hydrogens is 153 g/mol. The number of hydrogen-bond donors (Lipinski definition) is 0. The molecule has 1 saturated heterocycles. The van der Waals surface area contributed by atoms with E-state index in [9.17, 15) is 14.3 Å². The summed E-state index contributed by atoms with van der Waals surface area (Å²) in [6, 6.07) is 0. The van der Waals surface area contributed by atoms with Crippen LogP contribution in [0.2, 0.25) is 0 Å². The topological polar surface area (TPSA) is 60.4 Å². The standard InChI is InChI=1S/C5H8NO3P/c7-5-2-1-3-6(5)4-10(8)9/h1-4H2. The van der Waals surface area contributed by atoms with Crippen LogP contribution in [0.4, 0.5) is 0 Å². The number of amides is 1. The third-order valence-electron chi connectivity index (χ3n) is 1.46. The normalized spacial score (nSPS) is 19.9. The summed E-state index contributed by atoms with van der Waals surface area (Å²) in [4.78, 5) is 22.3. The summed E-state index contributed by atoms with van der Waals surface area (Å²) in [6.45, 7) is 0.599. The van der Waals surface area contributed by atoms with Crippen molar-refractivity contribution in [1.82, 2.24) is 4.90 Å². The highest BCUT2D eigenvalue weighted by atomic mass is 31.1. The molecule has 1 aliphatic rings.